The molecular weight excluding hydrogens is 256 g/mol. The lowest BCUT2D eigenvalue weighted by Gasteiger charge is -2.23. The Bertz CT molecular complexity index is 613. The van der Waals surface area contributed by atoms with E-state index in [1.807, 2.05) is 37.3 Å². The molecule has 20 heavy (non-hydrogen) atoms. The molecule has 5 nitrogen and oxygen atoms in total. The normalized spacial score (nSPS) is 10.7. The molecule has 0 spiro atoms. The summed E-state index contributed by atoms with van der Waals surface area (Å²) in [6, 6.07) is 9.83. The Morgan fingerprint density at radius 3 is 2.85 bits per heavy atom. The second kappa shape index (κ2) is 6.34. The highest BCUT2D eigenvalue weighted by Gasteiger charge is 2.15. The van der Waals surface area contributed by atoms with Gasteiger partial charge in [0.15, 0.2) is 0 Å². The lowest BCUT2D eigenvalue weighted by Crippen LogP contribution is -2.33. The third-order valence-electron chi connectivity index (χ3n) is 3.08. The highest BCUT2D eigenvalue weighted by Crippen LogP contribution is 2.22. The number of para-hydroxylation sites is 1. The molecule has 0 fully saturated rings. The van der Waals surface area contributed by atoms with Crippen LogP contribution in [0, 0.1) is 6.92 Å². The predicted octanol–water partition coefficient (Wildman–Crippen LogP) is 2.08. The van der Waals surface area contributed by atoms with Gasteiger partial charge in [-0.1, -0.05) is 18.2 Å². The zero-order valence-corrected chi connectivity index (χ0v) is 11.7. The van der Waals surface area contributed by atoms with Gasteiger partial charge in [-0.3, -0.25) is 4.79 Å². The number of hydrogen-bond donors (Lipinski definition) is 1. The minimum atomic E-state index is -0.879. The van der Waals surface area contributed by atoms with Crippen LogP contribution in [0.15, 0.2) is 30.3 Å². The van der Waals surface area contributed by atoms with E-state index in [1.165, 1.54) is 0 Å². The fourth-order valence-corrected chi connectivity index (χ4v) is 2.16. The van der Waals surface area contributed by atoms with Crippen LogP contribution in [0.3, 0.4) is 0 Å². The van der Waals surface area contributed by atoms with Crippen LogP contribution in [0.4, 0.5) is 5.82 Å². The number of hydrogen-bond acceptors (Lipinski definition) is 4. The van der Waals surface area contributed by atoms with Crippen LogP contribution in [0.5, 0.6) is 0 Å². The molecule has 0 amide bonds. The Morgan fingerprint density at radius 2 is 2.15 bits per heavy atom. The smallest absolute Gasteiger partial charge is 0.323 e. The first kappa shape index (κ1) is 14.3. The first-order valence-corrected chi connectivity index (χ1v) is 6.44. The fraction of sp³-hybridized carbons (Fsp3) is 0.333. The average Bonchev–Trinajstić information content (AvgIpc) is 2.42. The maximum atomic E-state index is 11.0. The molecule has 1 aromatic carbocycles. The monoisotopic (exact) mass is 274 g/mol. The molecule has 0 aliphatic rings. The molecule has 1 heterocycles. The van der Waals surface area contributed by atoms with Gasteiger partial charge in [0.1, 0.15) is 12.4 Å². The summed E-state index contributed by atoms with van der Waals surface area (Å²) in [5.41, 5.74) is 1.82. The van der Waals surface area contributed by atoms with Gasteiger partial charge >= 0.3 is 5.97 Å². The largest absolute Gasteiger partial charge is 0.480 e. The van der Waals surface area contributed by atoms with E-state index in [1.54, 1.807) is 12.0 Å². The number of fused-ring (bicyclic) bond motifs is 1. The molecule has 5 heteroatoms. The molecular formula is C15H18N2O3. The summed E-state index contributed by atoms with van der Waals surface area (Å²) in [5.74, 6) is -0.182. The molecule has 0 aliphatic heterocycles. The van der Waals surface area contributed by atoms with Gasteiger partial charge in [0.2, 0.25) is 0 Å². The zero-order chi connectivity index (χ0) is 14.5. The summed E-state index contributed by atoms with van der Waals surface area (Å²) in [4.78, 5) is 17.3. The van der Waals surface area contributed by atoms with Crippen molar-refractivity contribution in [2.75, 3.05) is 31.7 Å². The van der Waals surface area contributed by atoms with Crippen LogP contribution in [0.1, 0.15) is 5.56 Å². The van der Waals surface area contributed by atoms with Crippen LogP contribution in [0.2, 0.25) is 0 Å². The molecule has 0 saturated heterocycles. The van der Waals surface area contributed by atoms with Crippen molar-refractivity contribution in [3.63, 3.8) is 0 Å². The predicted molar refractivity (Wildman–Crippen MR) is 78.2 cm³/mol. The minimum Gasteiger partial charge on any atom is -0.480 e. The Morgan fingerprint density at radius 1 is 1.40 bits per heavy atom. The topological polar surface area (TPSA) is 62.7 Å². The van der Waals surface area contributed by atoms with Crippen molar-refractivity contribution in [2.45, 2.75) is 6.92 Å². The van der Waals surface area contributed by atoms with Crippen molar-refractivity contribution in [1.29, 1.82) is 0 Å². The Labute approximate surface area is 117 Å². The highest BCUT2D eigenvalue weighted by atomic mass is 16.5. The molecule has 0 atom stereocenters. The van der Waals surface area contributed by atoms with E-state index in [0.29, 0.717) is 19.0 Å². The number of nitrogens with zero attached hydrogens (tertiary/aromatic N) is 2. The molecule has 1 N–H and O–H groups in total. The number of carboxylic acids is 1. The molecule has 0 saturated carbocycles. The maximum absolute atomic E-state index is 11.0. The minimum absolute atomic E-state index is 0.0878. The molecule has 0 aliphatic carbocycles. The fourth-order valence-electron chi connectivity index (χ4n) is 2.16. The molecule has 1 aromatic heterocycles. The van der Waals surface area contributed by atoms with Crippen molar-refractivity contribution in [3.05, 3.63) is 35.9 Å². The van der Waals surface area contributed by atoms with Gasteiger partial charge in [0, 0.05) is 19.0 Å². The highest BCUT2D eigenvalue weighted by molar-refractivity contribution is 5.82. The van der Waals surface area contributed by atoms with Crippen molar-refractivity contribution in [1.82, 2.24) is 4.98 Å². The van der Waals surface area contributed by atoms with Gasteiger partial charge in [0.25, 0.3) is 0 Å². The van der Waals surface area contributed by atoms with Crippen LogP contribution in [0.25, 0.3) is 10.9 Å². The number of ether oxygens (including phenoxy) is 1. The van der Waals surface area contributed by atoms with E-state index in [9.17, 15) is 4.79 Å². The number of benzene rings is 1. The summed E-state index contributed by atoms with van der Waals surface area (Å²) in [5, 5.41) is 10.1. The third kappa shape index (κ3) is 3.24. The average molecular weight is 274 g/mol. The standard InChI is InChI=1S/C15H18N2O3/c1-11-9-12-5-3-4-6-13(12)16-15(11)17(7-8-20-2)10-14(18)19/h3-6,9H,7-8,10H2,1-2H3,(H,18,19). The van der Waals surface area contributed by atoms with Crippen LogP contribution in [-0.4, -0.2) is 42.9 Å². The van der Waals surface area contributed by atoms with E-state index in [-0.39, 0.29) is 6.54 Å². The van der Waals surface area contributed by atoms with Gasteiger partial charge < -0.3 is 14.7 Å². The number of aromatic nitrogens is 1. The first-order valence-electron chi connectivity index (χ1n) is 6.44. The lowest BCUT2D eigenvalue weighted by atomic mass is 10.1. The summed E-state index contributed by atoms with van der Waals surface area (Å²) >= 11 is 0. The first-order chi connectivity index (χ1) is 9.61. The SMILES string of the molecule is COCCN(CC(=O)O)c1nc2ccccc2cc1C. The molecule has 0 unspecified atom stereocenters. The Hall–Kier alpha value is -2.14. The number of carbonyl (C=O) groups is 1. The molecule has 2 rings (SSSR count). The second-order valence-electron chi connectivity index (χ2n) is 4.63. The number of pyridine rings is 1. The summed E-state index contributed by atoms with van der Waals surface area (Å²) in [7, 11) is 1.60. The van der Waals surface area contributed by atoms with Gasteiger partial charge in [0.05, 0.1) is 12.1 Å². The maximum Gasteiger partial charge on any atom is 0.323 e. The van der Waals surface area contributed by atoms with Crippen molar-refractivity contribution >= 4 is 22.7 Å². The van der Waals surface area contributed by atoms with Crippen LogP contribution < -0.4 is 4.90 Å². The summed E-state index contributed by atoms with van der Waals surface area (Å²) in [6.07, 6.45) is 0. The number of methoxy groups -OCH3 is 1. The molecule has 106 valence electrons. The van der Waals surface area contributed by atoms with Gasteiger partial charge in [-0.15, -0.1) is 0 Å². The number of aliphatic carboxylic acids is 1. The van der Waals surface area contributed by atoms with Gasteiger partial charge in [-0.05, 0) is 24.6 Å². The Balaban J connectivity index is 2.40. The lowest BCUT2D eigenvalue weighted by molar-refractivity contribution is -0.135. The van der Waals surface area contributed by atoms with E-state index < -0.39 is 5.97 Å². The molecule has 0 bridgehead atoms. The number of anilines is 1. The van der Waals surface area contributed by atoms with E-state index >= 15 is 0 Å². The summed E-state index contributed by atoms with van der Waals surface area (Å²) in [6.45, 7) is 2.81. The second-order valence-corrected chi connectivity index (χ2v) is 4.63. The van der Waals surface area contributed by atoms with E-state index in [4.69, 9.17) is 9.84 Å². The van der Waals surface area contributed by atoms with Gasteiger partial charge in [-0.2, -0.15) is 0 Å². The zero-order valence-electron chi connectivity index (χ0n) is 11.7. The van der Waals surface area contributed by atoms with Crippen molar-refractivity contribution in [2.24, 2.45) is 0 Å². The molecule has 2 aromatic rings. The molecule has 0 radical (unpaired) electrons. The van der Waals surface area contributed by atoms with Crippen molar-refractivity contribution < 1.29 is 14.6 Å². The number of carboxylic acid groups (broad SMARTS) is 1. The third-order valence-corrected chi connectivity index (χ3v) is 3.08. The quantitative estimate of drug-likeness (QED) is 0.873. The number of aryl methyl sites for hydroxylation is 1. The van der Waals surface area contributed by atoms with Gasteiger partial charge in [-0.25, -0.2) is 4.98 Å². The van der Waals surface area contributed by atoms with Crippen LogP contribution >= 0.6 is 0 Å². The van der Waals surface area contributed by atoms with Crippen molar-refractivity contribution in [3.8, 4) is 0 Å². The van der Waals surface area contributed by atoms with Crippen LogP contribution in [-0.2, 0) is 9.53 Å². The van der Waals surface area contributed by atoms with E-state index in [0.717, 1.165) is 16.5 Å². The number of rotatable bonds is 6. The van der Waals surface area contributed by atoms with E-state index in [2.05, 4.69) is 4.98 Å². The summed E-state index contributed by atoms with van der Waals surface area (Å²) < 4.78 is 5.04. The Kier molecular flexibility index (Phi) is 4.53.